The van der Waals surface area contributed by atoms with Crippen molar-refractivity contribution >= 4 is 17.1 Å². The molecule has 0 fully saturated rings. The summed E-state index contributed by atoms with van der Waals surface area (Å²) in [5.74, 6) is 0.311. The van der Waals surface area contributed by atoms with E-state index >= 15 is 0 Å². The van der Waals surface area contributed by atoms with Crippen LogP contribution in [-0.2, 0) is 17.6 Å². The van der Waals surface area contributed by atoms with Crippen LogP contribution in [0.3, 0.4) is 0 Å². The number of unbranched alkanes of at least 4 members (excludes halogenated alkanes) is 1. The van der Waals surface area contributed by atoms with Gasteiger partial charge in [0.05, 0.1) is 0 Å². The van der Waals surface area contributed by atoms with E-state index in [4.69, 9.17) is 0 Å². The summed E-state index contributed by atoms with van der Waals surface area (Å²) in [6, 6.07) is 4.43. The lowest BCUT2D eigenvalue weighted by Gasteiger charge is -1.96. The topological polar surface area (TPSA) is 17.1 Å². The molecule has 1 rings (SSSR count). The predicted octanol–water partition coefficient (Wildman–Crippen LogP) is 3.61. The molecule has 0 N–H and O–H groups in total. The zero-order valence-electron chi connectivity index (χ0n) is 9.01. The maximum absolute atomic E-state index is 10.7. The van der Waals surface area contributed by atoms with Crippen molar-refractivity contribution in [3.05, 3.63) is 21.9 Å². The van der Waals surface area contributed by atoms with Crippen molar-refractivity contribution in [2.24, 2.45) is 0 Å². The van der Waals surface area contributed by atoms with Gasteiger partial charge in [0.25, 0.3) is 0 Å². The van der Waals surface area contributed by atoms with Crippen molar-refractivity contribution < 1.29 is 4.79 Å². The minimum absolute atomic E-state index is 0.311. The summed E-state index contributed by atoms with van der Waals surface area (Å²) in [6.45, 7) is 3.85. The lowest BCUT2D eigenvalue weighted by Crippen LogP contribution is -1.90. The van der Waals surface area contributed by atoms with Gasteiger partial charge in [-0.05, 0) is 44.7 Å². The number of aryl methyl sites for hydroxylation is 2. The van der Waals surface area contributed by atoms with Gasteiger partial charge < -0.3 is 4.79 Å². The normalized spacial score (nSPS) is 10.4. The Morgan fingerprint density at radius 2 is 2.00 bits per heavy atom. The van der Waals surface area contributed by atoms with Crippen molar-refractivity contribution in [3.8, 4) is 0 Å². The van der Waals surface area contributed by atoms with Crippen LogP contribution in [0.4, 0.5) is 0 Å². The standard InChI is InChI=1S/C12H18OS/c1-3-11-8-9-12(14-11)7-5-4-6-10(2)13/h8-9H,3-7H2,1-2H3. The van der Waals surface area contributed by atoms with E-state index in [1.165, 1.54) is 9.75 Å². The first-order valence-electron chi connectivity index (χ1n) is 5.29. The van der Waals surface area contributed by atoms with Gasteiger partial charge in [0, 0.05) is 16.2 Å². The molecule has 1 heterocycles. The summed E-state index contributed by atoms with van der Waals surface area (Å²) in [4.78, 5) is 13.6. The van der Waals surface area contributed by atoms with Gasteiger partial charge in [-0.2, -0.15) is 0 Å². The Bertz CT molecular complexity index is 288. The Hall–Kier alpha value is -0.630. The van der Waals surface area contributed by atoms with Crippen LogP contribution < -0.4 is 0 Å². The summed E-state index contributed by atoms with van der Waals surface area (Å²) < 4.78 is 0. The number of hydrogen-bond donors (Lipinski definition) is 0. The van der Waals surface area contributed by atoms with Crippen LogP contribution in [0.1, 0.15) is 42.9 Å². The number of carbonyl (C=O) groups is 1. The van der Waals surface area contributed by atoms with Gasteiger partial charge in [0.15, 0.2) is 0 Å². The third kappa shape index (κ3) is 4.05. The first-order valence-corrected chi connectivity index (χ1v) is 6.11. The molecule has 0 spiro atoms. The van der Waals surface area contributed by atoms with Crippen molar-refractivity contribution in [1.29, 1.82) is 0 Å². The number of thiophene rings is 1. The molecule has 0 atom stereocenters. The zero-order chi connectivity index (χ0) is 10.4. The Kier molecular flexibility index (Phi) is 4.88. The molecule has 0 aliphatic rings. The van der Waals surface area contributed by atoms with E-state index in [1.54, 1.807) is 6.92 Å². The Morgan fingerprint density at radius 3 is 2.57 bits per heavy atom. The molecule has 0 aliphatic carbocycles. The van der Waals surface area contributed by atoms with Crippen molar-refractivity contribution in [1.82, 2.24) is 0 Å². The number of Topliss-reactive ketones (excluding diaryl/α,β-unsaturated/α-hetero) is 1. The lowest BCUT2D eigenvalue weighted by molar-refractivity contribution is -0.117. The van der Waals surface area contributed by atoms with E-state index in [0.29, 0.717) is 5.78 Å². The van der Waals surface area contributed by atoms with Gasteiger partial charge in [-0.1, -0.05) is 6.92 Å². The molecular weight excluding hydrogens is 192 g/mol. The number of ketones is 1. The van der Waals surface area contributed by atoms with Gasteiger partial charge >= 0.3 is 0 Å². The highest BCUT2D eigenvalue weighted by molar-refractivity contribution is 7.11. The van der Waals surface area contributed by atoms with Crippen LogP contribution in [0.25, 0.3) is 0 Å². The lowest BCUT2D eigenvalue weighted by atomic mass is 10.1. The maximum Gasteiger partial charge on any atom is 0.129 e. The van der Waals surface area contributed by atoms with Crippen LogP contribution >= 0.6 is 11.3 Å². The fraction of sp³-hybridized carbons (Fsp3) is 0.583. The SMILES string of the molecule is CCc1ccc(CCCCC(C)=O)s1. The van der Waals surface area contributed by atoms with Crippen LogP contribution in [0.5, 0.6) is 0 Å². The molecule has 0 bridgehead atoms. The average molecular weight is 210 g/mol. The molecule has 0 aromatic carbocycles. The van der Waals surface area contributed by atoms with E-state index in [-0.39, 0.29) is 0 Å². The molecule has 0 aliphatic heterocycles. The fourth-order valence-corrected chi connectivity index (χ4v) is 2.42. The molecule has 0 radical (unpaired) electrons. The van der Waals surface area contributed by atoms with Crippen LogP contribution in [0.15, 0.2) is 12.1 Å². The van der Waals surface area contributed by atoms with Gasteiger partial charge in [0.2, 0.25) is 0 Å². The van der Waals surface area contributed by atoms with E-state index < -0.39 is 0 Å². The molecule has 0 amide bonds. The van der Waals surface area contributed by atoms with Crippen LogP contribution in [0.2, 0.25) is 0 Å². The molecule has 0 unspecified atom stereocenters. The smallest absolute Gasteiger partial charge is 0.129 e. The highest BCUT2D eigenvalue weighted by Crippen LogP contribution is 2.19. The van der Waals surface area contributed by atoms with E-state index in [9.17, 15) is 4.79 Å². The quantitative estimate of drug-likeness (QED) is 0.655. The minimum Gasteiger partial charge on any atom is -0.300 e. The first kappa shape index (κ1) is 11.4. The Labute approximate surface area is 90.2 Å². The predicted molar refractivity (Wildman–Crippen MR) is 61.9 cm³/mol. The van der Waals surface area contributed by atoms with Crippen molar-refractivity contribution in [2.45, 2.75) is 46.0 Å². The summed E-state index contributed by atoms with van der Waals surface area (Å²) in [5, 5.41) is 0. The second-order valence-corrected chi connectivity index (χ2v) is 4.88. The second kappa shape index (κ2) is 5.97. The van der Waals surface area contributed by atoms with E-state index in [1.807, 2.05) is 11.3 Å². The van der Waals surface area contributed by atoms with Gasteiger partial charge in [-0.3, -0.25) is 0 Å². The largest absolute Gasteiger partial charge is 0.300 e. The minimum atomic E-state index is 0.311. The molecule has 1 aromatic heterocycles. The molecule has 0 saturated carbocycles. The third-order valence-corrected chi connectivity index (χ3v) is 3.56. The summed E-state index contributed by atoms with van der Waals surface area (Å²) >= 11 is 1.91. The van der Waals surface area contributed by atoms with Crippen molar-refractivity contribution in [3.63, 3.8) is 0 Å². The fourth-order valence-electron chi connectivity index (χ4n) is 1.42. The van der Waals surface area contributed by atoms with Crippen LogP contribution in [-0.4, -0.2) is 5.78 Å². The highest BCUT2D eigenvalue weighted by atomic mass is 32.1. The molecule has 14 heavy (non-hydrogen) atoms. The molecule has 78 valence electrons. The van der Waals surface area contributed by atoms with Gasteiger partial charge in [0.1, 0.15) is 5.78 Å². The first-order chi connectivity index (χ1) is 6.72. The molecule has 0 saturated heterocycles. The average Bonchev–Trinajstić information content (AvgIpc) is 2.60. The third-order valence-electron chi connectivity index (χ3n) is 2.27. The second-order valence-electron chi connectivity index (χ2n) is 3.63. The van der Waals surface area contributed by atoms with Crippen molar-refractivity contribution in [2.75, 3.05) is 0 Å². The summed E-state index contributed by atoms with van der Waals surface area (Å²) in [7, 11) is 0. The summed E-state index contributed by atoms with van der Waals surface area (Å²) in [5.41, 5.74) is 0. The monoisotopic (exact) mass is 210 g/mol. The molecule has 1 aromatic rings. The van der Waals surface area contributed by atoms with E-state index in [0.717, 1.165) is 32.1 Å². The number of hydrogen-bond acceptors (Lipinski definition) is 2. The van der Waals surface area contributed by atoms with E-state index in [2.05, 4.69) is 19.1 Å². The zero-order valence-corrected chi connectivity index (χ0v) is 9.82. The molecule has 2 heteroatoms. The van der Waals surface area contributed by atoms with Gasteiger partial charge in [-0.15, -0.1) is 11.3 Å². The Balaban J connectivity index is 2.21. The summed E-state index contributed by atoms with van der Waals surface area (Å²) in [6.07, 6.45) is 5.19. The molecular formula is C12H18OS. The highest BCUT2D eigenvalue weighted by Gasteiger charge is 1.99. The Morgan fingerprint density at radius 1 is 1.29 bits per heavy atom. The number of carbonyl (C=O) groups excluding carboxylic acids is 1. The number of rotatable bonds is 6. The molecule has 1 nitrogen and oxygen atoms in total. The van der Waals surface area contributed by atoms with Crippen LogP contribution in [0, 0.1) is 0 Å². The van der Waals surface area contributed by atoms with Gasteiger partial charge in [-0.25, -0.2) is 0 Å². The maximum atomic E-state index is 10.7.